The van der Waals surface area contributed by atoms with Crippen LogP contribution in [-0.2, 0) is 11.3 Å². The molecule has 3 aromatic carbocycles. The van der Waals surface area contributed by atoms with Crippen molar-refractivity contribution in [3.8, 4) is 0 Å². The molecule has 1 unspecified atom stereocenters. The number of amides is 2. The summed E-state index contributed by atoms with van der Waals surface area (Å²) in [7, 11) is 1.70. The minimum absolute atomic E-state index is 0.110. The first-order valence-corrected chi connectivity index (χ1v) is 11.0. The van der Waals surface area contributed by atoms with Crippen molar-refractivity contribution in [2.45, 2.75) is 26.4 Å². The maximum Gasteiger partial charge on any atom is 0.261 e. The highest BCUT2D eigenvalue weighted by Gasteiger charge is 2.19. The summed E-state index contributed by atoms with van der Waals surface area (Å²) in [6.07, 6.45) is 1.42. The second kappa shape index (κ2) is 9.70. The molecule has 34 heavy (non-hydrogen) atoms. The Morgan fingerprint density at radius 2 is 1.76 bits per heavy atom. The number of nitrogens with one attached hydrogen (secondary N) is 1. The Hall–Kier alpha value is -4.26. The van der Waals surface area contributed by atoms with Crippen LogP contribution in [0, 0.1) is 6.92 Å². The van der Waals surface area contributed by atoms with E-state index in [1.807, 2.05) is 62.4 Å². The fourth-order valence-electron chi connectivity index (χ4n) is 3.82. The molecule has 0 radical (unpaired) electrons. The van der Waals surface area contributed by atoms with E-state index in [0.717, 1.165) is 11.1 Å². The molecule has 1 aromatic heterocycles. The van der Waals surface area contributed by atoms with Crippen LogP contribution in [0.2, 0.25) is 0 Å². The Balaban J connectivity index is 1.48. The maximum absolute atomic E-state index is 13.0. The van der Waals surface area contributed by atoms with Crippen molar-refractivity contribution in [2.75, 3.05) is 12.4 Å². The molecule has 4 aromatic rings. The lowest BCUT2D eigenvalue weighted by molar-refractivity contribution is -0.132. The first-order chi connectivity index (χ1) is 16.3. The van der Waals surface area contributed by atoms with Crippen LogP contribution in [0.3, 0.4) is 0 Å². The number of fused-ring (bicyclic) bond motifs is 1. The molecule has 0 aliphatic carbocycles. The van der Waals surface area contributed by atoms with Crippen LogP contribution in [0.1, 0.15) is 34.5 Å². The number of carbonyl (C=O) groups excluding carboxylic acids is 2. The quantitative estimate of drug-likeness (QED) is 0.474. The van der Waals surface area contributed by atoms with Gasteiger partial charge in [0.1, 0.15) is 6.54 Å². The van der Waals surface area contributed by atoms with Crippen molar-refractivity contribution in [3.05, 3.63) is 106 Å². The topological polar surface area (TPSA) is 84.3 Å². The van der Waals surface area contributed by atoms with Gasteiger partial charge in [0, 0.05) is 18.3 Å². The minimum atomic E-state index is -0.271. The predicted molar refractivity (Wildman–Crippen MR) is 133 cm³/mol. The van der Waals surface area contributed by atoms with Crippen molar-refractivity contribution < 1.29 is 9.59 Å². The van der Waals surface area contributed by atoms with Gasteiger partial charge in [0.05, 0.1) is 23.3 Å². The predicted octanol–water partition coefficient (Wildman–Crippen LogP) is 4.18. The fourth-order valence-corrected chi connectivity index (χ4v) is 3.82. The molecular weight excluding hydrogens is 428 g/mol. The van der Waals surface area contributed by atoms with Crippen LogP contribution in [0.4, 0.5) is 5.69 Å². The number of likely N-dealkylation sites (N-methyl/N-ethyl adjacent to an activating group) is 1. The van der Waals surface area contributed by atoms with E-state index in [2.05, 4.69) is 10.3 Å². The molecule has 1 N–H and O–H groups in total. The summed E-state index contributed by atoms with van der Waals surface area (Å²) in [4.78, 5) is 44.3. The van der Waals surface area contributed by atoms with Crippen LogP contribution >= 0.6 is 0 Å². The Bertz CT molecular complexity index is 1410. The largest absolute Gasteiger partial charge is 0.337 e. The molecule has 0 saturated carbocycles. The summed E-state index contributed by atoms with van der Waals surface area (Å²) in [6.45, 7) is 3.69. The Morgan fingerprint density at radius 1 is 1.03 bits per heavy atom. The van der Waals surface area contributed by atoms with Crippen LogP contribution in [-0.4, -0.2) is 33.3 Å². The molecule has 0 fully saturated rings. The van der Waals surface area contributed by atoms with Crippen molar-refractivity contribution in [2.24, 2.45) is 0 Å². The van der Waals surface area contributed by atoms with E-state index in [1.165, 1.54) is 10.9 Å². The van der Waals surface area contributed by atoms with Crippen LogP contribution < -0.4 is 10.9 Å². The van der Waals surface area contributed by atoms with Gasteiger partial charge in [0.2, 0.25) is 5.91 Å². The molecular formula is C27H26N4O3. The molecule has 1 heterocycles. The molecule has 1 atom stereocenters. The molecule has 7 nitrogen and oxygen atoms in total. The van der Waals surface area contributed by atoms with E-state index in [4.69, 9.17) is 0 Å². The van der Waals surface area contributed by atoms with E-state index in [0.29, 0.717) is 22.2 Å². The number of para-hydroxylation sites is 1. The number of anilines is 1. The Labute approximate surface area is 197 Å². The van der Waals surface area contributed by atoms with Gasteiger partial charge in [-0.1, -0.05) is 42.5 Å². The molecule has 0 spiro atoms. The average molecular weight is 455 g/mol. The highest BCUT2D eigenvalue weighted by Crippen LogP contribution is 2.23. The highest BCUT2D eigenvalue weighted by molar-refractivity contribution is 6.04. The van der Waals surface area contributed by atoms with Gasteiger partial charge in [0.15, 0.2) is 0 Å². The van der Waals surface area contributed by atoms with Gasteiger partial charge < -0.3 is 10.2 Å². The zero-order chi connectivity index (χ0) is 24.2. The molecule has 2 amide bonds. The first-order valence-electron chi connectivity index (χ1n) is 11.0. The van der Waals surface area contributed by atoms with E-state index in [9.17, 15) is 14.4 Å². The number of aryl methyl sites for hydroxylation is 1. The van der Waals surface area contributed by atoms with Crippen LogP contribution in [0.25, 0.3) is 10.9 Å². The SMILES string of the molecule is Cc1cccc2c(=O)n(CC(=O)N(C)C(C)c3cccc(NC(=O)c4ccccc4)c3)cnc12. The lowest BCUT2D eigenvalue weighted by Crippen LogP contribution is -2.35. The summed E-state index contributed by atoms with van der Waals surface area (Å²) in [5.41, 5.74) is 3.39. The van der Waals surface area contributed by atoms with Crippen molar-refractivity contribution in [1.29, 1.82) is 0 Å². The maximum atomic E-state index is 13.0. The van der Waals surface area contributed by atoms with Crippen molar-refractivity contribution in [3.63, 3.8) is 0 Å². The highest BCUT2D eigenvalue weighted by atomic mass is 16.2. The molecule has 7 heteroatoms. The summed E-state index contributed by atoms with van der Waals surface area (Å²) >= 11 is 0. The number of benzene rings is 3. The summed E-state index contributed by atoms with van der Waals surface area (Å²) in [6, 6.07) is 21.5. The van der Waals surface area contributed by atoms with E-state index in [1.54, 1.807) is 36.2 Å². The Kier molecular flexibility index (Phi) is 6.54. The third kappa shape index (κ3) is 4.73. The van der Waals surface area contributed by atoms with Crippen LogP contribution in [0.15, 0.2) is 83.9 Å². The monoisotopic (exact) mass is 454 g/mol. The van der Waals surface area contributed by atoms with Gasteiger partial charge in [-0.05, 0) is 55.3 Å². The third-order valence-corrected chi connectivity index (χ3v) is 6.00. The van der Waals surface area contributed by atoms with Gasteiger partial charge in [0.25, 0.3) is 11.5 Å². The molecule has 0 saturated heterocycles. The van der Waals surface area contributed by atoms with E-state index in [-0.39, 0.29) is 30.0 Å². The summed E-state index contributed by atoms with van der Waals surface area (Å²) in [5, 5.41) is 3.39. The minimum Gasteiger partial charge on any atom is -0.337 e. The van der Waals surface area contributed by atoms with Gasteiger partial charge in [-0.25, -0.2) is 4.98 Å². The molecule has 172 valence electrons. The van der Waals surface area contributed by atoms with E-state index < -0.39 is 0 Å². The van der Waals surface area contributed by atoms with Gasteiger partial charge in [-0.15, -0.1) is 0 Å². The summed E-state index contributed by atoms with van der Waals surface area (Å²) in [5.74, 6) is -0.421. The smallest absolute Gasteiger partial charge is 0.261 e. The zero-order valence-electron chi connectivity index (χ0n) is 19.4. The standard InChI is InChI=1S/C27H26N4O3/c1-18-9-7-14-23-25(18)28-17-31(27(23)34)16-24(32)30(3)19(2)21-12-8-13-22(15-21)29-26(33)20-10-5-4-6-11-20/h4-15,17,19H,16H2,1-3H3,(H,29,33). The normalized spacial score (nSPS) is 11.7. The van der Waals surface area contributed by atoms with Gasteiger partial charge in [-0.2, -0.15) is 0 Å². The number of carbonyl (C=O) groups is 2. The molecule has 0 bridgehead atoms. The zero-order valence-corrected chi connectivity index (χ0v) is 19.4. The first kappa shape index (κ1) is 22.9. The number of hydrogen-bond donors (Lipinski definition) is 1. The number of hydrogen-bond acceptors (Lipinski definition) is 4. The van der Waals surface area contributed by atoms with Crippen molar-refractivity contribution >= 4 is 28.4 Å². The second-order valence-electron chi connectivity index (χ2n) is 8.27. The molecule has 4 rings (SSSR count). The van der Waals surface area contributed by atoms with Crippen LogP contribution in [0.5, 0.6) is 0 Å². The number of aromatic nitrogens is 2. The lowest BCUT2D eigenvalue weighted by atomic mass is 10.1. The summed E-state index contributed by atoms with van der Waals surface area (Å²) < 4.78 is 1.34. The van der Waals surface area contributed by atoms with Gasteiger partial charge in [-0.3, -0.25) is 19.0 Å². The third-order valence-electron chi connectivity index (χ3n) is 6.00. The average Bonchev–Trinajstić information content (AvgIpc) is 2.86. The molecule has 0 aliphatic heterocycles. The Morgan fingerprint density at radius 3 is 2.53 bits per heavy atom. The lowest BCUT2D eigenvalue weighted by Gasteiger charge is -2.26. The molecule has 0 aliphatic rings. The number of nitrogens with zero attached hydrogens (tertiary/aromatic N) is 3. The van der Waals surface area contributed by atoms with E-state index >= 15 is 0 Å². The number of rotatable bonds is 6. The van der Waals surface area contributed by atoms with Gasteiger partial charge >= 0.3 is 0 Å². The fraction of sp³-hybridized carbons (Fsp3) is 0.185. The second-order valence-corrected chi connectivity index (χ2v) is 8.27. The van der Waals surface area contributed by atoms with Crippen molar-refractivity contribution in [1.82, 2.24) is 14.5 Å².